The second-order valence-electron chi connectivity index (χ2n) is 5.83. The lowest BCUT2D eigenvalue weighted by molar-refractivity contribution is -0.500. The predicted octanol–water partition coefficient (Wildman–Crippen LogP) is 3.15. The van der Waals surface area contributed by atoms with Crippen molar-refractivity contribution in [1.82, 2.24) is 0 Å². The number of nitrogens with zero attached hydrogens (tertiary/aromatic N) is 1. The van der Waals surface area contributed by atoms with Crippen molar-refractivity contribution in [3.63, 3.8) is 0 Å². The van der Waals surface area contributed by atoms with E-state index in [4.69, 9.17) is 11.6 Å². The Balaban J connectivity index is 1.87. The smallest absolute Gasteiger partial charge is 0.242 e. The molecule has 0 amide bonds. The Hall–Kier alpha value is -2.53. The zero-order valence-corrected chi connectivity index (χ0v) is 12.5. The molecule has 0 heterocycles. The minimum Gasteiger partial charge on any atom is -0.293 e. The summed E-state index contributed by atoms with van der Waals surface area (Å²) in [6.45, 7) is 0. The molecule has 1 saturated carbocycles. The van der Waals surface area contributed by atoms with Gasteiger partial charge in [-0.3, -0.25) is 19.7 Å². The van der Waals surface area contributed by atoms with Gasteiger partial charge in [0.2, 0.25) is 6.04 Å². The molecule has 0 bridgehead atoms. The van der Waals surface area contributed by atoms with E-state index in [1.807, 2.05) is 0 Å². The molecule has 0 N–H and O–H groups in total. The summed E-state index contributed by atoms with van der Waals surface area (Å²) in [5.41, 5.74) is -0.451. The fourth-order valence-electron chi connectivity index (χ4n) is 3.75. The number of Topliss-reactive ketones (excluding diaryl/α,β-unsaturated/α-hetero) is 2. The number of hydrogen-bond donors (Lipinski definition) is 0. The van der Waals surface area contributed by atoms with Gasteiger partial charge in [0.25, 0.3) is 0 Å². The molecule has 0 unspecified atom stereocenters. The first kappa shape index (κ1) is 14.1. The van der Waals surface area contributed by atoms with Crippen molar-refractivity contribution in [2.24, 2.45) is 5.41 Å². The molecule has 114 valence electrons. The first-order chi connectivity index (χ1) is 11.0. The summed E-state index contributed by atoms with van der Waals surface area (Å²) in [7, 11) is 0. The van der Waals surface area contributed by atoms with Crippen molar-refractivity contribution in [1.29, 1.82) is 0 Å². The monoisotopic (exact) mass is 327 g/mol. The van der Waals surface area contributed by atoms with Crippen LogP contribution in [0.5, 0.6) is 0 Å². The Morgan fingerprint density at radius 1 is 0.957 bits per heavy atom. The minimum absolute atomic E-state index is 0.279. The lowest BCUT2D eigenvalue weighted by Crippen LogP contribution is -2.25. The molecule has 0 aliphatic heterocycles. The maximum Gasteiger partial charge on any atom is 0.242 e. The third-order valence-electron chi connectivity index (χ3n) is 4.79. The van der Waals surface area contributed by atoms with Crippen molar-refractivity contribution in [3.05, 3.63) is 80.4 Å². The number of halogens is 1. The number of carbonyl (C=O) groups is 2. The van der Waals surface area contributed by atoms with Crippen LogP contribution in [0.1, 0.15) is 32.2 Å². The Morgan fingerprint density at radius 3 is 1.96 bits per heavy atom. The van der Waals surface area contributed by atoms with Crippen molar-refractivity contribution in [2.45, 2.75) is 12.0 Å². The van der Waals surface area contributed by atoms with E-state index in [2.05, 4.69) is 0 Å². The highest BCUT2D eigenvalue weighted by Gasteiger charge is 2.84. The molecule has 6 heteroatoms. The Kier molecular flexibility index (Phi) is 2.75. The molecule has 0 aromatic heterocycles. The highest BCUT2D eigenvalue weighted by molar-refractivity contribution is 6.33. The van der Waals surface area contributed by atoms with Crippen molar-refractivity contribution < 1.29 is 14.5 Å². The molecule has 23 heavy (non-hydrogen) atoms. The SMILES string of the molecule is O=C1c2ccccc2C(=O)C12[C@H](c1ccc(Cl)cc1)[C@@H]2[N+](=O)[O-]. The van der Waals surface area contributed by atoms with Crippen LogP contribution in [0.25, 0.3) is 0 Å². The van der Waals surface area contributed by atoms with E-state index in [0.717, 1.165) is 0 Å². The molecular formula is C17H10ClNO4. The number of fused-ring (bicyclic) bond motifs is 1. The van der Waals surface area contributed by atoms with Gasteiger partial charge in [0.15, 0.2) is 17.0 Å². The highest BCUT2D eigenvalue weighted by atomic mass is 35.5. The molecule has 2 aliphatic carbocycles. The van der Waals surface area contributed by atoms with E-state index < -0.39 is 33.9 Å². The number of benzene rings is 2. The van der Waals surface area contributed by atoms with E-state index in [1.54, 1.807) is 48.5 Å². The van der Waals surface area contributed by atoms with Crippen LogP contribution in [0, 0.1) is 15.5 Å². The standard InChI is InChI=1S/C17H10ClNO4/c18-10-7-5-9(6-8-10)13-14(19(22)23)17(13)15(20)11-3-1-2-4-12(11)16(17)21/h1-8,13-14H/t13-,14+/m1/s1. The van der Waals surface area contributed by atoms with E-state index >= 15 is 0 Å². The van der Waals surface area contributed by atoms with Gasteiger partial charge in [-0.25, -0.2) is 0 Å². The number of ketones is 2. The van der Waals surface area contributed by atoms with Crippen LogP contribution in [0.15, 0.2) is 48.5 Å². The molecule has 2 aromatic carbocycles. The summed E-state index contributed by atoms with van der Waals surface area (Å²) < 4.78 is 0. The zero-order valence-electron chi connectivity index (χ0n) is 11.7. The second kappa shape index (κ2) is 4.49. The number of hydrogen-bond acceptors (Lipinski definition) is 4. The topological polar surface area (TPSA) is 77.3 Å². The van der Waals surface area contributed by atoms with E-state index in [9.17, 15) is 19.7 Å². The molecule has 4 rings (SSSR count). The van der Waals surface area contributed by atoms with E-state index in [0.29, 0.717) is 10.6 Å². The summed E-state index contributed by atoms with van der Waals surface area (Å²) in [6.07, 6.45) is 0. The van der Waals surface area contributed by atoms with Gasteiger partial charge < -0.3 is 0 Å². The number of carbonyl (C=O) groups excluding carboxylic acids is 2. The zero-order chi connectivity index (χ0) is 16.4. The van der Waals surface area contributed by atoms with Crippen LogP contribution in [-0.2, 0) is 0 Å². The Bertz CT molecular complexity index is 839. The maximum atomic E-state index is 12.8. The van der Waals surface area contributed by atoms with Gasteiger partial charge in [0, 0.05) is 21.1 Å². The first-order valence-electron chi connectivity index (χ1n) is 7.07. The summed E-state index contributed by atoms with van der Waals surface area (Å²) >= 11 is 5.85. The average molecular weight is 328 g/mol. The minimum atomic E-state index is -1.60. The van der Waals surface area contributed by atoms with Gasteiger partial charge in [-0.05, 0) is 17.7 Å². The van der Waals surface area contributed by atoms with Crippen LogP contribution in [-0.4, -0.2) is 22.5 Å². The van der Waals surface area contributed by atoms with Gasteiger partial charge in [-0.15, -0.1) is 0 Å². The first-order valence-corrected chi connectivity index (χ1v) is 7.45. The van der Waals surface area contributed by atoms with Crippen molar-refractivity contribution in [2.75, 3.05) is 0 Å². The summed E-state index contributed by atoms with van der Waals surface area (Å²) in [5, 5.41) is 12.0. The quantitative estimate of drug-likeness (QED) is 0.482. The lowest BCUT2D eigenvalue weighted by atomic mass is 9.93. The summed E-state index contributed by atoms with van der Waals surface area (Å²) in [4.78, 5) is 36.6. The molecule has 2 atom stereocenters. The largest absolute Gasteiger partial charge is 0.293 e. The van der Waals surface area contributed by atoms with Crippen LogP contribution < -0.4 is 0 Å². The summed E-state index contributed by atoms with van der Waals surface area (Å²) in [6, 6.07) is 11.7. The molecule has 1 fully saturated rings. The van der Waals surface area contributed by atoms with E-state index in [-0.39, 0.29) is 11.1 Å². The Morgan fingerprint density at radius 2 is 1.48 bits per heavy atom. The van der Waals surface area contributed by atoms with Crippen molar-refractivity contribution in [3.8, 4) is 0 Å². The molecule has 0 radical (unpaired) electrons. The molecule has 2 aromatic rings. The second-order valence-corrected chi connectivity index (χ2v) is 6.27. The average Bonchev–Trinajstić information content (AvgIpc) is 3.20. The molecular weight excluding hydrogens is 318 g/mol. The van der Waals surface area contributed by atoms with E-state index in [1.165, 1.54) is 0 Å². The maximum absolute atomic E-state index is 12.8. The molecule has 0 saturated heterocycles. The molecule has 5 nitrogen and oxygen atoms in total. The van der Waals surface area contributed by atoms with Crippen LogP contribution in [0.2, 0.25) is 5.02 Å². The highest BCUT2D eigenvalue weighted by Crippen LogP contribution is 2.66. The third kappa shape index (κ3) is 1.63. The van der Waals surface area contributed by atoms with Crippen molar-refractivity contribution >= 4 is 23.2 Å². The number of nitro groups is 1. The fourth-order valence-corrected chi connectivity index (χ4v) is 3.88. The Labute approximate surface area is 136 Å². The predicted molar refractivity (Wildman–Crippen MR) is 82.5 cm³/mol. The normalized spacial score (nSPS) is 23.9. The molecule has 1 spiro atoms. The lowest BCUT2D eigenvalue weighted by Gasteiger charge is -2.03. The van der Waals surface area contributed by atoms with Gasteiger partial charge in [0.05, 0.1) is 5.92 Å². The van der Waals surface area contributed by atoms with Crippen LogP contribution >= 0.6 is 11.6 Å². The van der Waals surface area contributed by atoms with Crippen LogP contribution in [0.4, 0.5) is 0 Å². The van der Waals surface area contributed by atoms with Gasteiger partial charge in [0.1, 0.15) is 0 Å². The number of rotatable bonds is 2. The summed E-state index contributed by atoms with van der Waals surface area (Å²) in [5.74, 6) is -1.64. The van der Waals surface area contributed by atoms with Crippen LogP contribution in [0.3, 0.4) is 0 Å². The molecule has 2 aliphatic rings. The third-order valence-corrected chi connectivity index (χ3v) is 5.04. The fraction of sp³-hybridized carbons (Fsp3) is 0.176. The van der Waals surface area contributed by atoms with Gasteiger partial charge in [-0.2, -0.15) is 0 Å². The van der Waals surface area contributed by atoms with Gasteiger partial charge in [-0.1, -0.05) is 48.0 Å². The van der Waals surface area contributed by atoms with Gasteiger partial charge >= 0.3 is 0 Å².